The van der Waals surface area contributed by atoms with E-state index in [2.05, 4.69) is 5.32 Å². The Morgan fingerprint density at radius 2 is 1.55 bits per heavy atom. The van der Waals surface area contributed by atoms with Crippen LogP contribution in [0, 0.1) is 0 Å². The molecule has 2 aromatic carbocycles. The lowest BCUT2D eigenvalue weighted by Gasteiger charge is -2.39. The maximum Gasteiger partial charge on any atom is 0.337 e. The van der Waals surface area contributed by atoms with Crippen molar-refractivity contribution in [2.45, 2.75) is 32.4 Å². The summed E-state index contributed by atoms with van der Waals surface area (Å²) in [6.07, 6.45) is 0.663. The fourth-order valence-electron chi connectivity index (χ4n) is 3.75. The molecule has 2 aromatic rings. The first-order valence-corrected chi connectivity index (χ1v) is 9.32. The van der Waals surface area contributed by atoms with E-state index in [0.717, 1.165) is 16.9 Å². The van der Waals surface area contributed by atoms with Crippen molar-refractivity contribution in [3.63, 3.8) is 0 Å². The Hall–Kier alpha value is -3.35. The number of rotatable bonds is 4. The van der Waals surface area contributed by atoms with Gasteiger partial charge >= 0.3 is 11.9 Å². The van der Waals surface area contributed by atoms with Crippen molar-refractivity contribution in [3.05, 3.63) is 59.2 Å². The molecule has 7 heteroatoms. The largest absolute Gasteiger partial charge is 0.465 e. The molecule has 0 fully saturated rings. The monoisotopic (exact) mass is 396 g/mol. The lowest BCUT2D eigenvalue weighted by molar-refractivity contribution is -0.117. The highest BCUT2D eigenvalue weighted by Crippen LogP contribution is 2.39. The first-order valence-electron chi connectivity index (χ1n) is 9.32. The Bertz CT molecular complexity index is 939. The summed E-state index contributed by atoms with van der Waals surface area (Å²) in [6.45, 7) is 3.53. The number of methoxy groups -OCH3 is 2. The average Bonchev–Trinajstić information content (AvgIpc) is 2.72. The smallest absolute Gasteiger partial charge is 0.337 e. The molecule has 0 saturated carbocycles. The van der Waals surface area contributed by atoms with Gasteiger partial charge in [0.15, 0.2) is 0 Å². The average molecular weight is 396 g/mol. The quantitative estimate of drug-likeness (QED) is 0.796. The van der Waals surface area contributed by atoms with E-state index in [4.69, 9.17) is 9.47 Å². The first-order chi connectivity index (χ1) is 13.8. The lowest BCUT2D eigenvalue weighted by Crippen LogP contribution is -2.43. The number of hydrogen-bond acceptors (Lipinski definition) is 6. The van der Waals surface area contributed by atoms with Gasteiger partial charge in [-0.25, -0.2) is 9.59 Å². The zero-order chi connectivity index (χ0) is 21.1. The zero-order valence-corrected chi connectivity index (χ0v) is 16.9. The van der Waals surface area contributed by atoms with Crippen molar-refractivity contribution in [2.24, 2.45) is 0 Å². The normalized spacial score (nSPS) is 17.9. The fraction of sp³-hybridized carbons (Fsp3) is 0.318. The number of benzene rings is 2. The van der Waals surface area contributed by atoms with Gasteiger partial charge in [0.05, 0.1) is 31.4 Å². The van der Waals surface area contributed by atoms with Crippen LogP contribution in [0.25, 0.3) is 0 Å². The van der Waals surface area contributed by atoms with E-state index in [9.17, 15) is 14.4 Å². The topological polar surface area (TPSA) is 84.9 Å². The second kappa shape index (κ2) is 8.34. The highest BCUT2D eigenvalue weighted by molar-refractivity contribution is 5.96. The third-order valence-electron chi connectivity index (χ3n) is 5.09. The van der Waals surface area contributed by atoms with Gasteiger partial charge in [0.25, 0.3) is 0 Å². The summed E-state index contributed by atoms with van der Waals surface area (Å²) in [6, 6.07) is 12.1. The summed E-state index contributed by atoms with van der Waals surface area (Å²) in [5.74, 6) is -0.875. The number of nitrogens with one attached hydrogen (secondary N) is 1. The molecule has 29 heavy (non-hydrogen) atoms. The molecule has 0 unspecified atom stereocenters. The number of carbonyl (C=O) groups is 3. The van der Waals surface area contributed by atoms with Crippen molar-refractivity contribution in [2.75, 3.05) is 24.4 Å². The van der Waals surface area contributed by atoms with E-state index < -0.39 is 11.9 Å². The van der Waals surface area contributed by atoms with Gasteiger partial charge in [0, 0.05) is 24.3 Å². The van der Waals surface area contributed by atoms with Crippen LogP contribution in [0.2, 0.25) is 0 Å². The van der Waals surface area contributed by atoms with E-state index >= 15 is 0 Å². The number of hydrogen-bond donors (Lipinski definition) is 1. The van der Waals surface area contributed by atoms with Crippen molar-refractivity contribution < 1.29 is 23.9 Å². The van der Waals surface area contributed by atoms with Crippen LogP contribution in [-0.2, 0) is 14.3 Å². The van der Waals surface area contributed by atoms with Crippen molar-refractivity contribution in [1.82, 2.24) is 0 Å². The summed E-state index contributed by atoms with van der Waals surface area (Å²) in [5, 5.41) is 3.45. The second-order valence-electron chi connectivity index (χ2n) is 7.00. The standard InChI is InChI=1S/C22H24N2O5/c1-13-11-19(23-17-8-5-15(6-9-17)21(26)28-3)18-12-16(22(27)29-4)7-10-20(18)24(13)14(2)25/h5-10,12-13,19,23H,11H2,1-4H3/t13-,19-/m0/s1. The third kappa shape index (κ3) is 4.08. The Morgan fingerprint density at radius 1 is 0.966 bits per heavy atom. The number of esters is 2. The van der Waals surface area contributed by atoms with Gasteiger partial charge in [-0.2, -0.15) is 0 Å². The van der Waals surface area contributed by atoms with Crippen molar-refractivity contribution >= 4 is 29.2 Å². The van der Waals surface area contributed by atoms with E-state index in [1.54, 1.807) is 47.4 Å². The van der Waals surface area contributed by atoms with Crippen LogP contribution in [0.4, 0.5) is 11.4 Å². The number of carbonyl (C=O) groups excluding carboxylic acids is 3. The summed E-state index contributed by atoms with van der Waals surface area (Å²) >= 11 is 0. The lowest BCUT2D eigenvalue weighted by atomic mass is 9.90. The minimum atomic E-state index is -0.429. The molecule has 1 aliphatic rings. The second-order valence-corrected chi connectivity index (χ2v) is 7.00. The van der Waals surface area contributed by atoms with Gasteiger partial charge in [-0.1, -0.05) is 0 Å². The molecule has 2 atom stereocenters. The van der Waals surface area contributed by atoms with Crippen LogP contribution < -0.4 is 10.2 Å². The Kier molecular flexibility index (Phi) is 5.87. The van der Waals surface area contributed by atoms with Crippen LogP contribution in [0.5, 0.6) is 0 Å². The molecule has 152 valence electrons. The maximum atomic E-state index is 12.2. The minimum absolute atomic E-state index is 0.0178. The number of amides is 1. The molecular formula is C22H24N2O5. The maximum absolute atomic E-state index is 12.2. The first kappa shape index (κ1) is 20.4. The Balaban J connectivity index is 1.97. The van der Waals surface area contributed by atoms with Gasteiger partial charge in [-0.15, -0.1) is 0 Å². The van der Waals surface area contributed by atoms with E-state index in [0.29, 0.717) is 17.5 Å². The molecule has 1 aliphatic heterocycles. The van der Waals surface area contributed by atoms with Crippen LogP contribution in [0.15, 0.2) is 42.5 Å². The summed E-state index contributed by atoms with van der Waals surface area (Å²) < 4.78 is 9.57. The van der Waals surface area contributed by atoms with Gasteiger partial charge < -0.3 is 19.7 Å². The van der Waals surface area contributed by atoms with Gasteiger partial charge in [-0.05, 0) is 61.4 Å². The summed E-state index contributed by atoms with van der Waals surface area (Å²) in [4.78, 5) is 37.6. The minimum Gasteiger partial charge on any atom is -0.465 e. The van der Waals surface area contributed by atoms with Crippen molar-refractivity contribution in [3.8, 4) is 0 Å². The number of fused-ring (bicyclic) bond motifs is 1. The van der Waals surface area contributed by atoms with Crippen LogP contribution in [0.3, 0.4) is 0 Å². The number of anilines is 2. The molecule has 7 nitrogen and oxygen atoms in total. The molecule has 1 N–H and O–H groups in total. The zero-order valence-electron chi connectivity index (χ0n) is 16.9. The third-order valence-corrected chi connectivity index (χ3v) is 5.09. The van der Waals surface area contributed by atoms with Crippen LogP contribution in [-0.4, -0.2) is 38.1 Å². The van der Waals surface area contributed by atoms with Gasteiger partial charge in [0.2, 0.25) is 5.91 Å². The molecule has 1 heterocycles. The molecule has 3 rings (SSSR count). The van der Waals surface area contributed by atoms with Gasteiger partial charge in [-0.3, -0.25) is 4.79 Å². The number of nitrogens with zero attached hydrogens (tertiary/aromatic N) is 1. The SMILES string of the molecule is COC(=O)c1ccc(N[C@H]2C[C@H](C)N(C(C)=O)c3ccc(C(=O)OC)cc32)cc1. The highest BCUT2D eigenvalue weighted by atomic mass is 16.5. The summed E-state index contributed by atoms with van der Waals surface area (Å²) in [7, 11) is 2.68. The summed E-state index contributed by atoms with van der Waals surface area (Å²) in [5.41, 5.74) is 3.33. The van der Waals surface area contributed by atoms with Gasteiger partial charge in [0.1, 0.15) is 0 Å². The highest BCUT2D eigenvalue weighted by Gasteiger charge is 2.33. The molecule has 0 spiro atoms. The molecule has 0 bridgehead atoms. The Labute approximate surface area is 169 Å². The molecule has 1 amide bonds. The van der Waals surface area contributed by atoms with E-state index in [1.165, 1.54) is 21.1 Å². The van der Waals surface area contributed by atoms with E-state index in [-0.39, 0.29) is 18.0 Å². The molecular weight excluding hydrogens is 372 g/mol. The molecule has 0 saturated heterocycles. The van der Waals surface area contributed by atoms with Crippen LogP contribution in [0.1, 0.15) is 52.6 Å². The molecule has 0 aliphatic carbocycles. The van der Waals surface area contributed by atoms with Crippen LogP contribution >= 0.6 is 0 Å². The fourth-order valence-corrected chi connectivity index (χ4v) is 3.75. The predicted molar refractivity (Wildman–Crippen MR) is 109 cm³/mol. The number of ether oxygens (including phenoxy) is 2. The molecule has 0 aromatic heterocycles. The Morgan fingerprint density at radius 3 is 2.14 bits per heavy atom. The van der Waals surface area contributed by atoms with E-state index in [1.807, 2.05) is 6.92 Å². The predicted octanol–water partition coefficient (Wildman–Crippen LogP) is 3.56. The molecule has 0 radical (unpaired) electrons. The van der Waals surface area contributed by atoms with Crippen molar-refractivity contribution in [1.29, 1.82) is 0 Å².